The predicted octanol–water partition coefficient (Wildman–Crippen LogP) is 2.34. The lowest BCUT2D eigenvalue weighted by molar-refractivity contribution is -0.120. The average Bonchev–Trinajstić information content (AvgIpc) is 2.39. The van der Waals surface area contributed by atoms with Crippen molar-refractivity contribution < 1.29 is 9.90 Å². The Kier molecular flexibility index (Phi) is 4.10. The number of piperidine rings is 1. The third kappa shape index (κ3) is 3.07. The van der Waals surface area contributed by atoms with E-state index >= 15 is 0 Å². The summed E-state index contributed by atoms with van der Waals surface area (Å²) in [5, 5.41) is 16.2. The number of carbonyl (C=O) groups excluding carboxylic acids is 1. The summed E-state index contributed by atoms with van der Waals surface area (Å²) in [7, 11) is 0. The van der Waals surface area contributed by atoms with Crippen molar-refractivity contribution >= 4 is 11.6 Å². The highest BCUT2D eigenvalue weighted by atomic mass is 16.3. The van der Waals surface area contributed by atoms with Gasteiger partial charge in [0.2, 0.25) is 5.91 Å². The van der Waals surface area contributed by atoms with Gasteiger partial charge in [0.15, 0.2) is 0 Å². The molecule has 0 aliphatic carbocycles. The molecule has 1 fully saturated rings. The molecular weight excluding hydrogens is 240 g/mol. The molecule has 2 unspecified atom stereocenters. The summed E-state index contributed by atoms with van der Waals surface area (Å²) >= 11 is 0. The number of rotatable bonds is 2. The number of benzene rings is 1. The van der Waals surface area contributed by atoms with Crippen LogP contribution in [0.25, 0.3) is 0 Å². The molecule has 1 saturated heterocycles. The highest BCUT2D eigenvalue weighted by molar-refractivity contribution is 5.93. The molecule has 1 aromatic rings. The summed E-state index contributed by atoms with van der Waals surface area (Å²) in [5.41, 5.74) is 2.26. The smallest absolute Gasteiger partial charge is 0.227 e. The number of phenols is 1. The number of amides is 1. The monoisotopic (exact) mass is 262 g/mol. The van der Waals surface area contributed by atoms with E-state index in [9.17, 15) is 9.90 Å². The van der Waals surface area contributed by atoms with E-state index in [1.165, 1.54) is 0 Å². The Morgan fingerprint density at radius 1 is 1.42 bits per heavy atom. The van der Waals surface area contributed by atoms with Crippen LogP contribution < -0.4 is 10.6 Å². The first-order chi connectivity index (χ1) is 8.99. The van der Waals surface area contributed by atoms with Gasteiger partial charge in [-0.15, -0.1) is 0 Å². The molecule has 1 aliphatic heterocycles. The van der Waals surface area contributed by atoms with E-state index < -0.39 is 0 Å². The molecule has 104 valence electrons. The van der Waals surface area contributed by atoms with Crippen molar-refractivity contribution in [3.8, 4) is 5.75 Å². The molecule has 1 aromatic carbocycles. The first kappa shape index (κ1) is 13.9. The van der Waals surface area contributed by atoms with Gasteiger partial charge in [-0.05, 0) is 51.8 Å². The standard InChI is InChI=1S/C15H22N2O2/c1-9-4-5-13(11(3)14(9)18)17-15(19)12-6-7-16-10(2)8-12/h4-5,10,12,16,18H,6-8H2,1-3H3,(H,17,19). The molecule has 1 heterocycles. The molecule has 1 aliphatic rings. The first-order valence-electron chi connectivity index (χ1n) is 6.82. The zero-order valence-corrected chi connectivity index (χ0v) is 11.8. The molecule has 2 rings (SSSR count). The maximum Gasteiger partial charge on any atom is 0.227 e. The largest absolute Gasteiger partial charge is 0.507 e. The fraction of sp³-hybridized carbons (Fsp3) is 0.533. The van der Waals surface area contributed by atoms with Crippen LogP contribution in [0.5, 0.6) is 5.75 Å². The van der Waals surface area contributed by atoms with Gasteiger partial charge in [-0.25, -0.2) is 0 Å². The van der Waals surface area contributed by atoms with Gasteiger partial charge in [0.05, 0.1) is 0 Å². The van der Waals surface area contributed by atoms with E-state index in [4.69, 9.17) is 0 Å². The van der Waals surface area contributed by atoms with Gasteiger partial charge < -0.3 is 15.7 Å². The predicted molar refractivity (Wildman–Crippen MR) is 76.4 cm³/mol. The highest BCUT2D eigenvalue weighted by Crippen LogP contribution is 2.29. The van der Waals surface area contributed by atoms with Gasteiger partial charge in [-0.3, -0.25) is 4.79 Å². The molecule has 4 heteroatoms. The molecule has 0 saturated carbocycles. The molecule has 1 amide bonds. The van der Waals surface area contributed by atoms with Crippen LogP contribution in [0.4, 0.5) is 5.69 Å². The van der Waals surface area contributed by atoms with Gasteiger partial charge in [0, 0.05) is 23.2 Å². The topological polar surface area (TPSA) is 61.4 Å². The van der Waals surface area contributed by atoms with E-state index in [1.54, 1.807) is 0 Å². The molecule has 19 heavy (non-hydrogen) atoms. The molecule has 3 N–H and O–H groups in total. The highest BCUT2D eigenvalue weighted by Gasteiger charge is 2.25. The first-order valence-corrected chi connectivity index (χ1v) is 6.82. The number of aryl methyl sites for hydroxylation is 1. The summed E-state index contributed by atoms with van der Waals surface area (Å²) in [6.07, 6.45) is 1.73. The van der Waals surface area contributed by atoms with Crippen LogP contribution in [0, 0.1) is 19.8 Å². The van der Waals surface area contributed by atoms with Crippen molar-refractivity contribution in [3.05, 3.63) is 23.3 Å². The van der Waals surface area contributed by atoms with Crippen LogP contribution in [0.15, 0.2) is 12.1 Å². The van der Waals surface area contributed by atoms with E-state index in [0.717, 1.165) is 30.5 Å². The molecular formula is C15H22N2O2. The summed E-state index contributed by atoms with van der Waals surface area (Å²) < 4.78 is 0. The normalized spacial score (nSPS) is 23.1. The van der Waals surface area contributed by atoms with E-state index in [2.05, 4.69) is 17.6 Å². The number of aromatic hydroxyl groups is 1. The van der Waals surface area contributed by atoms with E-state index in [1.807, 2.05) is 26.0 Å². The quantitative estimate of drug-likeness (QED) is 0.766. The Morgan fingerprint density at radius 3 is 2.84 bits per heavy atom. The van der Waals surface area contributed by atoms with Crippen LogP contribution in [0.1, 0.15) is 30.9 Å². The second kappa shape index (κ2) is 5.61. The number of hydrogen-bond donors (Lipinski definition) is 3. The van der Waals surface area contributed by atoms with Gasteiger partial charge in [0.1, 0.15) is 5.75 Å². The van der Waals surface area contributed by atoms with Crippen molar-refractivity contribution in [3.63, 3.8) is 0 Å². The van der Waals surface area contributed by atoms with Crippen LogP contribution in [-0.2, 0) is 4.79 Å². The number of carbonyl (C=O) groups is 1. The Balaban J connectivity index is 2.08. The minimum atomic E-state index is 0.0547. The molecule has 0 bridgehead atoms. The van der Waals surface area contributed by atoms with Crippen molar-refractivity contribution in [1.82, 2.24) is 5.32 Å². The fourth-order valence-electron chi connectivity index (χ4n) is 2.58. The SMILES string of the molecule is Cc1ccc(NC(=O)C2CCNC(C)C2)c(C)c1O. The molecule has 0 radical (unpaired) electrons. The van der Waals surface area contributed by atoms with E-state index in [0.29, 0.717) is 11.7 Å². The minimum absolute atomic E-state index is 0.0547. The number of nitrogens with one attached hydrogen (secondary N) is 2. The zero-order chi connectivity index (χ0) is 14.0. The molecule has 0 aromatic heterocycles. The third-order valence-corrected chi connectivity index (χ3v) is 3.89. The van der Waals surface area contributed by atoms with Crippen molar-refractivity contribution in [2.75, 3.05) is 11.9 Å². The minimum Gasteiger partial charge on any atom is -0.507 e. The van der Waals surface area contributed by atoms with Crippen LogP contribution in [0.2, 0.25) is 0 Å². The number of phenolic OH excluding ortho intramolecular Hbond substituents is 1. The third-order valence-electron chi connectivity index (χ3n) is 3.89. The van der Waals surface area contributed by atoms with Crippen molar-refractivity contribution in [1.29, 1.82) is 0 Å². The average molecular weight is 262 g/mol. The Labute approximate surface area is 114 Å². The Morgan fingerprint density at radius 2 is 2.16 bits per heavy atom. The molecule has 2 atom stereocenters. The maximum atomic E-state index is 12.2. The Hall–Kier alpha value is -1.55. The fourth-order valence-corrected chi connectivity index (χ4v) is 2.58. The van der Waals surface area contributed by atoms with Crippen molar-refractivity contribution in [2.45, 2.75) is 39.7 Å². The lowest BCUT2D eigenvalue weighted by Crippen LogP contribution is -2.40. The summed E-state index contributed by atoms with van der Waals surface area (Å²) in [6, 6.07) is 4.06. The van der Waals surface area contributed by atoms with Crippen LogP contribution in [-0.4, -0.2) is 23.6 Å². The molecule has 0 spiro atoms. The second-order valence-electron chi connectivity index (χ2n) is 5.47. The summed E-state index contributed by atoms with van der Waals surface area (Å²) in [6.45, 7) is 6.66. The lowest BCUT2D eigenvalue weighted by Gasteiger charge is -2.27. The van der Waals surface area contributed by atoms with Gasteiger partial charge in [-0.2, -0.15) is 0 Å². The van der Waals surface area contributed by atoms with Gasteiger partial charge in [-0.1, -0.05) is 6.07 Å². The van der Waals surface area contributed by atoms with Gasteiger partial charge >= 0.3 is 0 Å². The second-order valence-corrected chi connectivity index (χ2v) is 5.47. The van der Waals surface area contributed by atoms with Gasteiger partial charge in [0.25, 0.3) is 0 Å². The number of hydrogen-bond acceptors (Lipinski definition) is 3. The zero-order valence-electron chi connectivity index (χ0n) is 11.8. The van der Waals surface area contributed by atoms with Crippen LogP contribution in [0.3, 0.4) is 0 Å². The summed E-state index contributed by atoms with van der Waals surface area (Å²) in [4.78, 5) is 12.2. The maximum absolute atomic E-state index is 12.2. The van der Waals surface area contributed by atoms with Crippen LogP contribution >= 0.6 is 0 Å². The van der Waals surface area contributed by atoms with Crippen molar-refractivity contribution in [2.24, 2.45) is 5.92 Å². The lowest BCUT2D eigenvalue weighted by atomic mass is 9.92. The number of anilines is 1. The van der Waals surface area contributed by atoms with E-state index in [-0.39, 0.29) is 17.6 Å². The molecule has 4 nitrogen and oxygen atoms in total. The Bertz CT molecular complexity index is 485. The summed E-state index contributed by atoms with van der Waals surface area (Å²) in [5.74, 6) is 0.371.